The van der Waals surface area contributed by atoms with E-state index in [0.29, 0.717) is 31.4 Å². The van der Waals surface area contributed by atoms with Gasteiger partial charge in [-0.25, -0.2) is 0 Å². The lowest BCUT2D eigenvalue weighted by molar-refractivity contribution is 0.216. The Labute approximate surface area is 147 Å². The Balaban J connectivity index is 0. The van der Waals surface area contributed by atoms with Crippen molar-refractivity contribution < 1.29 is 13.6 Å². The van der Waals surface area contributed by atoms with Crippen molar-refractivity contribution in [3.05, 3.63) is 0 Å². The second-order valence-corrected chi connectivity index (χ2v) is 7.30. The zero-order valence-corrected chi connectivity index (χ0v) is 15.8. The number of hydrogen-bond acceptors (Lipinski definition) is 4. The summed E-state index contributed by atoms with van der Waals surface area (Å²) >= 11 is 22.5. The van der Waals surface area contributed by atoms with E-state index in [2.05, 4.69) is 0 Å². The molecule has 0 aromatic heterocycles. The van der Waals surface area contributed by atoms with Crippen molar-refractivity contribution in [3.63, 3.8) is 0 Å². The van der Waals surface area contributed by atoms with Crippen molar-refractivity contribution in [3.8, 4) is 0 Å². The minimum absolute atomic E-state index is 0. The second kappa shape index (κ2) is 15.5. The third-order valence-corrected chi connectivity index (χ3v) is 4.77. The van der Waals surface area contributed by atoms with Crippen molar-refractivity contribution >= 4 is 66.4 Å². The van der Waals surface area contributed by atoms with E-state index in [1.807, 2.05) is 4.90 Å². The maximum Gasteiger partial charge on any atom is 0.332 e. The molecule has 4 nitrogen and oxygen atoms in total. The molecule has 0 amide bonds. The molecule has 0 spiro atoms. The molecule has 0 rings (SSSR count). The summed E-state index contributed by atoms with van der Waals surface area (Å²) in [6, 6.07) is 0. The van der Waals surface area contributed by atoms with Crippen LogP contribution in [-0.2, 0) is 13.6 Å². The van der Waals surface area contributed by atoms with E-state index in [1.165, 1.54) is 0 Å². The minimum Gasteiger partial charge on any atom is -0.307 e. The summed E-state index contributed by atoms with van der Waals surface area (Å²) in [7, 11) is -3.15. The first-order chi connectivity index (χ1) is 9.11. The summed E-state index contributed by atoms with van der Waals surface area (Å²) in [6.45, 7) is 2.28. The average molecular weight is 412 g/mol. The quantitative estimate of drug-likeness (QED) is 0.340. The highest BCUT2D eigenvalue weighted by molar-refractivity contribution is 7.53. The second-order valence-electron chi connectivity index (χ2n) is 3.60. The van der Waals surface area contributed by atoms with Crippen LogP contribution in [0.15, 0.2) is 0 Å². The molecule has 0 N–H and O–H groups in total. The van der Waals surface area contributed by atoms with Crippen molar-refractivity contribution in [1.29, 1.82) is 0 Å². The van der Waals surface area contributed by atoms with E-state index >= 15 is 0 Å². The summed E-state index contributed by atoms with van der Waals surface area (Å²) in [5, 5.41) is 0. The number of rotatable bonds is 13. The molecule has 124 valence electrons. The highest BCUT2D eigenvalue weighted by Gasteiger charge is 2.25. The molecule has 0 fully saturated rings. The van der Waals surface area contributed by atoms with Gasteiger partial charge in [-0.15, -0.1) is 58.8 Å². The van der Waals surface area contributed by atoms with E-state index in [1.54, 1.807) is 0 Å². The van der Waals surface area contributed by atoms with Gasteiger partial charge in [-0.1, -0.05) is 0 Å². The molecule has 0 bridgehead atoms. The normalized spacial score (nSPS) is 11.7. The van der Waals surface area contributed by atoms with Gasteiger partial charge in [-0.2, -0.15) is 0 Å². The first-order valence-electron chi connectivity index (χ1n) is 5.96. The molecule has 0 aromatic rings. The van der Waals surface area contributed by atoms with Crippen LogP contribution in [0.4, 0.5) is 0 Å². The Hall–Kier alpha value is 1.56. The monoisotopic (exact) mass is 409 g/mol. The van der Waals surface area contributed by atoms with Crippen LogP contribution in [-0.4, -0.2) is 67.4 Å². The zero-order chi connectivity index (χ0) is 14.6. The highest BCUT2D eigenvalue weighted by Crippen LogP contribution is 2.47. The van der Waals surface area contributed by atoms with Gasteiger partial charge in [-0.05, 0) is 0 Å². The van der Waals surface area contributed by atoms with Crippen LogP contribution in [0.5, 0.6) is 0 Å². The molecular formula is C10H21Cl5NO3P. The van der Waals surface area contributed by atoms with Crippen LogP contribution in [0.1, 0.15) is 0 Å². The summed E-state index contributed by atoms with van der Waals surface area (Å²) in [4.78, 5) is 2.01. The van der Waals surface area contributed by atoms with Gasteiger partial charge in [-0.3, -0.25) is 4.57 Å². The molecule has 0 heterocycles. The third-order valence-electron chi connectivity index (χ3n) is 2.22. The largest absolute Gasteiger partial charge is 0.332 e. The molecular weight excluding hydrogens is 390 g/mol. The molecule has 0 saturated carbocycles. The van der Waals surface area contributed by atoms with E-state index in [0.717, 1.165) is 0 Å². The molecule has 0 aliphatic rings. The summed E-state index contributed by atoms with van der Waals surface area (Å²) in [5.41, 5.74) is 0. The third kappa shape index (κ3) is 12.1. The maximum atomic E-state index is 12.4. The number of hydrogen-bond donors (Lipinski definition) is 0. The molecule has 0 aliphatic heterocycles. The standard InChI is InChI=1S/C10H20Cl4NO3P.ClH/c11-1-5-15(6-2-12)7-10-19(16,17-8-3-13)18-9-4-14;/h1-10H2;1H. The van der Waals surface area contributed by atoms with Gasteiger partial charge in [0.2, 0.25) is 0 Å². The Kier molecular flexibility index (Phi) is 18.4. The molecule has 10 heteroatoms. The topological polar surface area (TPSA) is 38.8 Å². The molecule has 0 aliphatic carbocycles. The van der Waals surface area contributed by atoms with E-state index < -0.39 is 7.60 Å². The average Bonchev–Trinajstić information content (AvgIpc) is 2.41. The van der Waals surface area contributed by atoms with Crippen molar-refractivity contribution in [2.45, 2.75) is 0 Å². The Morgan fingerprint density at radius 1 is 0.800 bits per heavy atom. The lowest BCUT2D eigenvalue weighted by atomic mass is 10.5. The molecule has 0 atom stereocenters. The lowest BCUT2D eigenvalue weighted by Gasteiger charge is -2.23. The first-order valence-corrected chi connectivity index (χ1v) is 9.83. The van der Waals surface area contributed by atoms with Crippen LogP contribution in [0.3, 0.4) is 0 Å². The minimum atomic E-state index is -3.15. The van der Waals surface area contributed by atoms with Crippen LogP contribution in [0, 0.1) is 0 Å². The molecule has 0 radical (unpaired) electrons. The van der Waals surface area contributed by atoms with Crippen LogP contribution >= 0.6 is 66.4 Å². The van der Waals surface area contributed by atoms with Crippen molar-refractivity contribution in [2.75, 3.05) is 62.5 Å². The van der Waals surface area contributed by atoms with E-state index in [-0.39, 0.29) is 43.5 Å². The SMILES string of the molecule is Cl.O=P(CCN(CCCl)CCCl)(OCCCl)OCCCl. The van der Waals surface area contributed by atoms with E-state index in [9.17, 15) is 4.57 Å². The first kappa shape index (κ1) is 23.8. The zero-order valence-electron chi connectivity index (χ0n) is 11.1. The molecule has 0 unspecified atom stereocenters. The van der Waals surface area contributed by atoms with Gasteiger partial charge < -0.3 is 13.9 Å². The summed E-state index contributed by atoms with van der Waals surface area (Å²) in [5.74, 6) is 1.52. The Bertz CT molecular complexity index is 245. The van der Waals surface area contributed by atoms with Gasteiger partial charge in [0.05, 0.1) is 19.4 Å². The van der Waals surface area contributed by atoms with Crippen LogP contribution < -0.4 is 0 Å². The van der Waals surface area contributed by atoms with Crippen LogP contribution in [0.2, 0.25) is 0 Å². The van der Waals surface area contributed by atoms with Gasteiger partial charge in [0.25, 0.3) is 0 Å². The van der Waals surface area contributed by atoms with Gasteiger partial charge in [0.15, 0.2) is 0 Å². The van der Waals surface area contributed by atoms with Gasteiger partial charge >= 0.3 is 7.60 Å². The fourth-order valence-corrected chi connectivity index (χ4v) is 3.80. The summed E-state index contributed by atoms with van der Waals surface area (Å²) in [6.07, 6.45) is 0.272. The number of alkyl halides is 4. The van der Waals surface area contributed by atoms with Gasteiger partial charge in [0, 0.05) is 43.2 Å². The predicted octanol–water partition coefficient (Wildman–Crippen LogP) is 3.89. The molecule has 0 saturated heterocycles. The van der Waals surface area contributed by atoms with E-state index in [4.69, 9.17) is 55.5 Å². The maximum absolute atomic E-state index is 12.4. The lowest BCUT2D eigenvalue weighted by Crippen LogP contribution is -2.31. The predicted molar refractivity (Wildman–Crippen MR) is 90.9 cm³/mol. The van der Waals surface area contributed by atoms with Crippen molar-refractivity contribution in [2.24, 2.45) is 0 Å². The number of nitrogens with zero attached hydrogens (tertiary/aromatic N) is 1. The Morgan fingerprint density at radius 2 is 1.25 bits per heavy atom. The van der Waals surface area contributed by atoms with Gasteiger partial charge in [0.1, 0.15) is 0 Å². The van der Waals surface area contributed by atoms with Crippen LogP contribution in [0.25, 0.3) is 0 Å². The fourth-order valence-electron chi connectivity index (χ4n) is 1.35. The smallest absolute Gasteiger partial charge is 0.307 e. The fraction of sp³-hybridized carbons (Fsp3) is 1.00. The molecule has 20 heavy (non-hydrogen) atoms. The Morgan fingerprint density at radius 3 is 1.60 bits per heavy atom. The summed E-state index contributed by atoms with van der Waals surface area (Å²) < 4.78 is 22.9. The molecule has 0 aromatic carbocycles. The number of halogens is 5. The highest BCUT2D eigenvalue weighted by atomic mass is 35.5. The van der Waals surface area contributed by atoms with Crippen molar-refractivity contribution in [1.82, 2.24) is 4.90 Å².